The second-order valence-corrected chi connectivity index (χ2v) is 4.60. The molecule has 1 saturated carbocycles. The van der Waals surface area contributed by atoms with E-state index in [9.17, 15) is 0 Å². The first-order chi connectivity index (χ1) is 7.13. The van der Waals surface area contributed by atoms with E-state index in [1.165, 1.54) is 12.8 Å². The Bertz CT molecular complexity index is 334. The molecule has 1 heterocycles. The molecule has 1 N–H and O–H groups in total. The van der Waals surface area contributed by atoms with Gasteiger partial charge < -0.3 is 5.32 Å². The molecule has 1 aliphatic rings. The third-order valence-electron chi connectivity index (χ3n) is 2.34. The van der Waals surface area contributed by atoms with E-state index < -0.39 is 0 Å². The predicted octanol–water partition coefficient (Wildman–Crippen LogP) is 2.78. The highest BCUT2D eigenvalue weighted by molar-refractivity contribution is 6.31. The second kappa shape index (κ2) is 4.49. The van der Waals surface area contributed by atoms with Crippen molar-refractivity contribution in [3.05, 3.63) is 10.6 Å². The molecule has 6 heteroatoms. The van der Waals surface area contributed by atoms with Gasteiger partial charge in [-0.05, 0) is 42.5 Å². The monoisotopic (exact) mass is 246 g/mol. The fourth-order valence-corrected chi connectivity index (χ4v) is 1.89. The van der Waals surface area contributed by atoms with Crippen LogP contribution in [0.3, 0.4) is 0 Å². The van der Waals surface area contributed by atoms with Crippen molar-refractivity contribution in [3.8, 4) is 0 Å². The Labute approximate surface area is 98.4 Å². The molecule has 15 heavy (non-hydrogen) atoms. The Balaban J connectivity index is 1.96. The Hall–Kier alpha value is -0.610. The first-order valence-corrected chi connectivity index (χ1v) is 5.72. The largest absolute Gasteiger partial charge is 0.352 e. The van der Waals surface area contributed by atoms with Crippen LogP contribution in [0.25, 0.3) is 0 Å². The molecule has 2 rings (SSSR count). The van der Waals surface area contributed by atoms with E-state index in [4.69, 9.17) is 23.2 Å². The summed E-state index contributed by atoms with van der Waals surface area (Å²) in [6, 6.07) is 0.340. The molecule has 1 aromatic rings. The van der Waals surface area contributed by atoms with E-state index in [0.717, 1.165) is 12.3 Å². The first-order valence-electron chi connectivity index (χ1n) is 4.97. The average molecular weight is 247 g/mol. The number of nitrogens with zero attached hydrogens (tertiary/aromatic N) is 3. The molecule has 1 atom stereocenters. The summed E-state index contributed by atoms with van der Waals surface area (Å²) >= 11 is 11.3. The lowest BCUT2D eigenvalue weighted by Crippen LogP contribution is -2.18. The summed E-state index contributed by atoms with van der Waals surface area (Å²) < 4.78 is 0. The molecule has 82 valence electrons. The summed E-state index contributed by atoms with van der Waals surface area (Å²) in [5, 5.41) is 3.41. The average Bonchev–Trinajstić information content (AvgIpc) is 2.85. The van der Waals surface area contributed by atoms with Crippen LogP contribution in [0.4, 0.5) is 5.95 Å². The zero-order valence-corrected chi connectivity index (χ0v) is 9.89. The molecule has 4 nitrogen and oxygen atoms in total. The van der Waals surface area contributed by atoms with Gasteiger partial charge in [0, 0.05) is 6.04 Å². The number of nitrogens with one attached hydrogen (secondary N) is 1. The highest BCUT2D eigenvalue weighted by Crippen LogP contribution is 2.33. The molecule has 0 spiro atoms. The van der Waals surface area contributed by atoms with E-state index in [2.05, 4.69) is 27.2 Å². The molecular weight excluding hydrogens is 235 g/mol. The lowest BCUT2D eigenvalue weighted by atomic mass is 10.2. The van der Waals surface area contributed by atoms with E-state index in [1.807, 2.05) is 0 Å². The molecule has 0 amide bonds. The van der Waals surface area contributed by atoms with Crippen LogP contribution in [-0.2, 0) is 0 Å². The van der Waals surface area contributed by atoms with Gasteiger partial charge in [-0.15, -0.1) is 0 Å². The molecule has 0 saturated heterocycles. The molecule has 0 aliphatic heterocycles. The summed E-state index contributed by atoms with van der Waals surface area (Å²) in [6.45, 7) is 2.10. The standard InChI is InChI=1S/C9H12Cl2N4/c1-5(4-6-2-3-6)12-9-14-7(10)13-8(11)15-9/h5-6H,2-4H2,1H3,(H,12,13,14,15). The number of hydrogen-bond donors (Lipinski definition) is 1. The van der Waals surface area contributed by atoms with Crippen molar-refractivity contribution in [2.24, 2.45) is 5.92 Å². The van der Waals surface area contributed by atoms with E-state index in [1.54, 1.807) is 0 Å². The summed E-state index contributed by atoms with van der Waals surface area (Å²) in [4.78, 5) is 11.6. The summed E-state index contributed by atoms with van der Waals surface area (Å²) in [7, 11) is 0. The quantitative estimate of drug-likeness (QED) is 0.888. The van der Waals surface area contributed by atoms with Crippen molar-refractivity contribution in [2.75, 3.05) is 5.32 Å². The fourth-order valence-electron chi connectivity index (χ4n) is 1.52. The molecule has 1 unspecified atom stereocenters. The SMILES string of the molecule is CC(CC1CC1)Nc1nc(Cl)nc(Cl)n1. The summed E-state index contributed by atoms with van der Waals surface area (Å²) in [6.07, 6.45) is 3.82. The van der Waals surface area contributed by atoms with Crippen LogP contribution in [0, 0.1) is 5.92 Å². The molecular formula is C9H12Cl2N4. The first kappa shape index (κ1) is 10.9. The van der Waals surface area contributed by atoms with Crippen molar-refractivity contribution in [2.45, 2.75) is 32.2 Å². The van der Waals surface area contributed by atoms with Gasteiger partial charge in [-0.25, -0.2) is 0 Å². The van der Waals surface area contributed by atoms with Gasteiger partial charge in [-0.3, -0.25) is 0 Å². The van der Waals surface area contributed by atoms with Gasteiger partial charge in [0.2, 0.25) is 16.5 Å². The topological polar surface area (TPSA) is 50.7 Å². The zero-order valence-electron chi connectivity index (χ0n) is 8.37. The Morgan fingerprint density at radius 1 is 1.27 bits per heavy atom. The molecule has 0 radical (unpaired) electrons. The van der Waals surface area contributed by atoms with Gasteiger partial charge in [-0.1, -0.05) is 12.8 Å². The molecule has 1 aliphatic carbocycles. The van der Waals surface area contributed by atoms with Gasteiger partial charge >= 0.3 is 0 Å². The molecule has 0 aromatic carbocycles. The number of hydrogen-bond acceptors (Lipinski definition) is 4. The second-order valence-electron chi connectivity index (χ2n) is 3.92. The van der Waals surface area contributed by atoms with Crippen LogP contribution < -0.4 is 5.32 Å². The van der Waals surface area contributed by atoms with Gasteiger partial charge in [-0.2, -0.15) is 15.0 Å². The van der Waals surface area contributed by atoms with Crippen molar-refractivity contribution >= 4 is 29.2 Å². The Morgan fingerprint density at radius 2 is 1.87 bits per heavy atom. The van der Waals surface area contributed by atoms with Crippen LogP contribution in [-0.4, -0.2) is 21.0 Å². The molecule has 1 aromatic heterocycles. The minimum Gasteiger partial charge on any atom is -0.352 e. The van der Waals surface area contributed by atoms with Crippen LogP contribution in [0.1, 0.15) is 26.2 Å². The number of rotatable bonds is 4. The van der Waals surface area contributed by atoms with Gasteiger partial charge in [0.15, 0.2) is 0 Å². The smallest absolute Gasteiger partial charge is 0.228 e. The normalized spacial score (nSPS) is 17.5. The van der Waals surface area contributed by atoms with Crippen LogP contribution in [0.5, 0.6) is 0 Å². The Morgan fingerprint density at radius 3 is 2.40 bits per heavy atom. The van der Waals surface area contributed by atoms with E-state index >= 15 is 0 Å². The number of aromatic nitrogens is 3. The lowest BCUT2D eigenvalue weighted by molar-refractivity contribution is 0.637. The maximum absolute atomic E-state index is 5.66. The minimum atomic E-state index is 0.121. The predicted molar refractivity (Wildman–Crippen MR) is 60.3 cm³/mol. The maximum atomic E-state index is 5.66. The lowest BCUT2D eigenvalue weighted by Gasteiger charge is -2.12. The third-order valence-corrected chi connectivity index (χ3v) is 2.68. The van der Waals surface area contributed by atoms with Gasteiger partial charge in [0.25, 0.3) is 0 Å². The number of anilines is 1. The van der Waals surface area contributed by atoms with Crippen LogP contribution >= 0.6 is 23.2 Å². The van der Waals surface area contributed by atoms with Gasteiger partial charge in [0.1, 0.15) is 0 Å². The molecule has 1 fully saturated rings. The van der Waals surface area contributed by atoms with Crippen molar-refractivity contribution < 1.29 is 0 Å². The van der Waals surface area contributed by atoms with Crippen molar-refractivity contribution in [3.63, 3.8) is 0 Å². The van der Waals surface area contributed by atoms with E-state index in [-0.39, 0.29) is 10.6 Å². The van der Waals surface area contributed by atoms with Gasteiger partial charge in [0.05, 0.1) is 0 Å². The minimum absolute atomic E-state index is 0.121. The summed E-state index contributed by atoms with van der Waals surface area (Å²) in [5.41, 5.74) is 0. The maximum Gasteiger partial charge on any atom is 0.228 e. The highest BCUT2D eigenvalue weighted by Gasteiger charge is 2.23. The third kappa shape index (κ3) is 3.47. The highest BCUT2D eigenvalue weighted by atomic mass is 35.5. The van der Waals surface area contributed by atoms with E-state index in [0.29, 0.717) is 12.0 Å². The van der Waals surface area contributed by atoms with Crippen molar-refractivity contribution in [1.29, 1.82) is 0 Å². The van der Waals surface area contributed by atoms with Crippen molar-refractivity contribution in [1.82, 2.24) is 15.0 Å². The van der Waals surface area contributed by atoms with Crippen LogP contribution in [0.15, 0.2) is 0 Å². The Kier molecular flexibility index (Phi) is 3.26. The zero-order chi connectivity index (χ0) is 10.8. The molecule has 0 bridgehead atoms. The fraction of sp³-hybridized carbons (Fsp3) is 0.667. The van der Waals surface area contributed by atoms with Crippen LogP contribution in [0.2, 0.25) is 10.6 Å². The number of halogens is 2. The summed E-state index contributed by atoms with van der Waals surface area (Å²) in [5.74, 6) is 1.31.